The molecule has 0 amide bonds. The van der Waals surface area contributed by atoms with Crippen molar-refractivity contribution in [3.63, 3.8) is 0 Å². The summed E-state index contributed by atoms with van der Waals surface area (Å²) in [5, 5.41) is 10.0. The fraction of sp³-hybridized carbons (Fsp3) is 0.250. The first-order valence-electron chi connectivity index (χ1n) is 4.91. The van der Waals surface area contributed by atoms with Crippen LogP contribution in [0.4, 0.5) is 0 Å². The molecule has 1 rings (SSSR count). The van der Waals surface area contributed by atoms with Gasteiger partial charge in [-0.3, -0.25) is 0 Å². The monoisotopic (exact) mass is 332 g/mol. The lowest BCUT2D eigenvalue weighted by atomic mass is 10.0. The molecule has 16 heavy (non-hydrogen) atoms. The molecule has 0 spiro atoms. The van der Waals surface area contributed by atoms with Crippen LogP contribution in [0, 0.1) is 0 Å². The molecule has 0 aromatic heterocycles. The van der Waals surface area contributed by atoms with E-state index in [0.29, 0.717) is 12.2 Å². The Morgan fingerprint density at radius 3 is 2.62 bits per heavy atom. The van der Waals surface area contributed by atoms with Gasteiger partial charge in [-0.05, 0) is 16.6 Å². The minimum Gasteiger partial charge on any atom is -0.463 e. The van der Waals surface area contributed by atoms with E-state index < -0.39 is 12.1 Å². The average Bonchev–Trinajstić information content (AvgIpc) is 2.31. The SMILES string of the molecule is CCOC(=O)/C(=C\I)[C@H](O)c1ccccc1. The molecule has 0 saturated carbocycles. The number of esters is 1. The zero-order chi connectivity index (χ0) is 12.0. The second-order valence-corrected chi connectivity index (χ2v) is 3.72. The predicted molar refractivity (Wildman–Crippen MR) is 70.1 cm³/mol. The van der Waals surface area contributed by atoms with Crippen LogP contribution in [0.1, 0.15) is 18.6 Å². The van der Waals surface area contributed by atoms with Crippen molar-refractivity contribution < 1.29 is 14.6 Å². The van der Waals surface area contributed by atoms with E-state index in [1.165, 1.54) is 0 Å². The normalized spacial score (nSPS) is 13.3. The van der Waals surface area contributed by atoms with Crippen LogP contribution in [-0.4, -0.2) is 17.7 Å². The third-order valence-electron chi connectivity index (χ3n) is 2.04. The van der Waals surface area contributed by atoms with E-state index in [1.807, 2.05) is 40.8 Å². The van der Waals surface area contributed by atoms with Gasteiger partial charge in [0.15, 0.2) is 0 Å². The molecule has 0 aliphatic rings. The Morgan fingerprint density at radius 2 is 2.12 bits per heavy atom. The molecule has 0 saturated heterocycles. The molecule has 4 heteroatoms. The molecule has 0 unspecified atom stereocenters. The maximum absolute atomic E-state index is 11.5. The highest BCUT2D eigenvalue weighted by Gasteiger charge is 2.20. The van der Waals surface area contributed by atoms with E-state index in [2.05, 4.69) is 0 Å². The van der Waals surface area contributed by atoms with E-state index >= 15 is 0 Å². The minimum absolute atomic E-state index is 0.258. The highest BCUT2D eigenvalue weighted by molar-refractivity contribution is 14.1. The number of rotatable bonds is 4. The Bertz CT molecular complexity index is 373. The molecule has 3 nitrogen and oxygen atoms in total. The van der Waals surface area contributed by atoms with Crippen LogP contribution < -0.4 is 0 Å². The largest absolute Gasteiger partial charge is 0.463 e. The van der Waals surface area contributed by atoms with Gasteiger partial charge in [-0.15, -0.1) is 0 Å². The van der Waals surface area contributed by atoms with Crippen LogP contribution in [0.15, 0.2) is 40.0 Å². The summed E-state index contributed by atoms with van der Waals surface area (Å²) in [5.74, 6) is -0.478. The number of ether oxygens (including phenoxy) is 1. The lowest BCUT2D eigenvalue weighted by Crippen LogP contribution is -2.14. The summed E-state index contributed by atoms with van der Waals surface area (Å²) < 4.78 is 6.41. The van der Waals surface area contributed by atoms with Crippen LogP contribution in [0.25, 0.3) is 0 Å². The fourth-order valence-corrected chi connectivity index (χ4v) is 1.84. The molecular weight excluding hydrogens is 319 g/mol. The number of benzene rings is 1. The highest BCUT2D eigenvalue weighted by atomic mass is 127. The first-order chi connectivity index (χ1) is 7.70. The minimum atomic E-state index is -0.933. The Labute approximate surface area is 108 Å². The second-order valence-electron chi connectivity index (χ2n) is 3.10. The van der Waals surface area contributed by atoms with Gasteiger partial charge in [0.2, 0.25) is 0 Å². The molecule has 1 N–H and O–H groups in total. The first kappa shape index (κ1) is 13.2. The van der Waals surface area contributed by atoms with Crippen molar-refractivity contribution in [3.8, 4) is 0 Å². The first-order valence-corrected chi connectivity index (χ1v) is 6.15. The molecule has 0 heterocycles. The number of halogens is 1. The van der Waals surface area contributed by atoms with Crippen molar-refractivity contribution in [1.29, 1.82) is 0 Å². The van der Waals surface area contributed by atoms with Gasteiger partial charge >= 0.3 is 5.97 Å². The van der Waals surface area contributed by atoms with Crippen LogP contribution in [-0.2, 0) is 9.53 Å². The van der Waals surface area contributed by atoms with Crippen LogP contribution >= 0.6 is 22.6 Å². The summed E-state index contributed by atoms with van der Waals surface area (Å²) in [7, 11) is 0. The summed E-state index contributed by atoms with van der Waals surface area (Å²) >= 11 is 1.92. The maximum Gasteiger partial charge on any atom is 0.337 e. The zero-order valence-corrected chi connectivity index (χ0v) is 11.0. The molecule has 1 aromatic rings. The molecule has 0 bridgehead atoms. The van der Waals surface area contributed by atoms with E-state index in [-0.39, 0.29) is 5.57 Å². The lowest BCUT2D eigenvalue weighted by Gasteiger charge is -2.13. The number of hydrogen-bond acceptors (Lipinski definition) is 3. The average molecular weight is 332 g/mol. The third-order valence-corrected chi connectivity index (χ3v) is 2.71. The van der Waals surface area contributed by atoms with E-state index in [4.69, 9.17) is 4.74 Å². The van der Waals surface area contributed by atoms with Gasteiger partial charge in [0.1, 0.15) is 6.10 Å². The molecule has 0 aliphatic heterocycles. The Kier molecular flexibility index (Phi) is 5.48. The topological polar surface area (TPSA) is 46.5 Å². The van der Waals surface area contributed by atoms with Crippen molar-refractivity contribution >= 4 is 28.6 Å². The van der Waals surface area contributed by atoms with Gasteiger partial charge in [-0.25, -0.2) is 4.79 Å². The van der Waals surface area contributed by atoms with E-state index in [0.717, 1.165) is 0 Å². The smallest absolute Gasteiger partial charge is 0.337 e. The third kappa shape index (κ3) is 3.31. The van der Waals surface area contributed by atoms with Gasteiger partial charge in [0, 0.05) is 0 Å². The molecule has 86 valence electrons. The van der Waals surface area contributed by atoms with Gasteiger partial charge in [0.05, 0.1) is 12.2 Å². The number of carbonyl (C=O) groups is 1. The quantitative estimate of drug-likeness (QED) is 0.524. The fourth-order valence-electron chi connectivity index (χ4n) is 1.25. The summed E-state index contributed by atoms with van der Waals surface area (Å²) in [5.41, 5.74) is 0.937. The van der Waals surface area contributed by atoms with Crippen molar-refractivity contribution in [2.45, 2.75) is 13.0 Å². The van der Waals surface area contributed by atoms with Gasteiger partial charge < -0.3 is 9.84 Å². The zero-order valence-electron chi connectivity index (χ0n) is 8.89. The van der Waals surface area contributed by atoms with Crippen molar-refractivity contribution in [2.75, 3.05) is 6.61 Å². The Balaban J connectivity index is 2.87. The molecule has 1 atom stereocenters. The molecule has 0 fully saturated rings. The van der Waals surface area contributed by atoms with E-state index in [9.17, 15) is 9.90 Å². The number of aliphatic hydroxyl groups excluding tert-OH is 1. The second kappa shape index (κ2) is 6.65. The van der Waals surface area contributed by atoms with Crippen LogP contribution in [0.2, 0.25) is 0 Å². The molecule has 0 radical (unpaired) electrons. The standard InChI is InChI=1S/C12H13IO3/c1-2-16-12(15)10(8-13)11(14)9-6-4-3-5-7-9/h3-8,11,14H,2H2,1H3/b10-8-/t11-/m1/s1. The molecular formula is C12H13IO3. The van der Waals surface area contributed by atoms with Crippen molar-refractivity contribution in [2.24, 2.45) is 0 Å². The van der Waals surface area contributed by atoms with Crippen LogP contribution in [0.3, 0.4) is 0 Å². The summed E-state index contributed by atoms with van der Waals surface area (Å²) in [6.45, 7) is 2.03. The highest BCUT2D eigenvalue weighted by Crippen LogP contribution is 2.23. The Hall–Kier alpha value is -0.880. The van der Waals surface area contributed by atoms with Gasteiger partial charge in [-0.1, -0.05) is 52.9 Å². The number of carbonyl (C=O) groups excluding carboxylic acids is 1. The lowest BCUT2D eigenvalue weighted by molar-refractivity contribution is -0.139. The summed E-state index contributed by atoms with van der Waals surface area (Å²) in [6, 6.07) is 9.02. The molecule has 0 aliphatic carbocycles. The van der Waals surface area contributed by atoms with Crippen molar-refractivity contribution in [1.82, 2.24) is 0 Å². The van der Waals surface area contributed by atoms with Crippen LogP contribution in [0.5, 0.6) is 0 Å². The Morgan fingerprint density at radius 1 is 1.50 bits per heavy atom. The van der Waals surface area contributed by atoms with Gasteiger partial charge in [-0.2, -0.15) is 0 Å². The number of aliphatic hydroxyl groups is 1. The van der Waals surface area contributed by atoms with Gasteiger partial charge in [0.25, 0.3) is 0 Å². The molecule has 1 aromatic carbocycles. The predicted octanol–water partition coefficient (Wildman–Crippen LogP) is 2.60. The van der Waals surface area contributed by atoms with Crippen molar-refractivity contribution in [3.05, 3.63) is 45.6 Å². The van der Waals surface area contributed by atoms with E-state index in [1.54, 1.807) is 23.1 Å². The maximum atomic E-state index is 11.5. The summed E-state index contributed by atoms with van der Waals surface area (Å²) in [6.07, 6.45) is -0.933. The number of hydrogen-bond donors (Lipinski definition) is 1. The summed E-state index contributed by atoms with van der Waals surface area (Å²) in [4.78, 5) is 11.5.